The quantitative estimate of drug-likeness (QED) is 0.498. The maximum atomic E-state index is 11.5. The highest BCUT2D eigenvalue weighted by Crippen LogP contribution is 2.04. The van der Waals surface area contributed by atoms with Gasteiger partial charge in [-0.2, -0.15) is 5.10 Å². The van der Waals surface area contributed by atoms with Gasteiger partial charge in [0.2, 0.25) is 0 Å². The van der Waals surface area contributed by atoms with Crippen molar-refractivity contribution in [1.29, 1.82) is 0 Å². The molecule has 0 saturated carbocycles. The normalized spacial score (nSPS) is 10.2. The first-order chi connectivity index (χ1) is 9.75. The minimum absolute atomic E-state index is 0.545. The van der Waals surface area contributed by atoms with Crippen molar-refractivity contribution < 1.29 is 9.59 Å². The molecule has 0 aliphatic carbocycles. The number of nitrogens with one attached hydrogen (secondary N) is 2. The Bertz CT molecular complexity index is 612. The van der Waals surface area contributed by atoms with Gasteiger partial charge in [0.05, 0.1) is 6.21 Å². The topological polar surface area (TPSA) is 83.5 Å². The highest BCUT2D eigenvalue weighted by molar-refractivity contribution is 6.39. The zero-order chi connectivity index (χ0) is 14.2. The monoisotopic (exact) mass is 268 g/mol. The largest absolute Gasteiger partial charge is 0.329 e. The standard InChI is InChI=1S/C14H12N4O2/c19-13(17-12-6-2-1-3-7-12)14(20)18-16-10-11-5-4-8-15-9-11/h1-10H,(H,17,19)(H,18,20)/b16-10-. The Morgan fingerprint density at radius 3 is 2.55 bits per heavy atom. The van der Waals surface area contributed by atoms with Crippen LogP contribution in [0.4, 0.5) is 5.69 Å². The van der Waals surface area contributed by atoms with Crippen LogP contribution in [0, 0.1) is 0 Å². The molecule has 0 atom stereocenters. The molecule has 20 heavy (non-hydrogen) atoms. The van der Waals surface area contributed by atoms with Gasteiger partial charge in [0.25, 0.3) is 0 Å². The van der Waals surface area contributed by atoms with E-state index in [2.05, 4.69) is 20.8 Å². The number of hydrogen-bond acceptors (Lipinski definition) is 4. The number of carbonyl (C=O) groups excluding carboxylic acids is 2. The summed E-state index contributed by atoms with van der Waals surface area (Å²) in [6.07, 6.45) is 4.61. The Morgan fingerprint density at radius 1 is 1.05 bits per heavy atom. The molecule has 1 aromatic carbocycles. The number of aromatic nitrogens is 1. The molecule has 6 heteroatoms. The molecular weight excluding hydrogens is 256 g/mol. The second kappa shape index (κ2) is 6.79. The Labute approximate surface area is 115 Å². The highest BCUT2D eigenvalue weighted by atomic mass is 16.2. The smallest absolute Gasteiger partial charge is 0.318 e. The third-order valence-corrected chi connectivity index (χ3v) is 2.30. The summed E-state index contributed by atoms with van der Waals surface area (Å²) in [5.74, 6) is -1.62. The summed E-state index contributed by atoms with van der Waals surface area (Å²) in [5.41, 5.74) is 3.41. The Morgan fingerprint density at radius 2 is 1.85 bits per heavy atom. The summed E-state index contributed by atoms with van der Waals surface area (Å²) in [4.78, 5) is 26.9. The van der Waals surface area contributed by atoms with E-state index in [0.29, 0.717) is 5.69 Å². The summed E-state index contributed by atoms with van der Waals surface area (Å²) in [6, 6.07) is 12.2. The lowest BCUT2D eigenvalue weighted by molar-refractivity contribution is -0.136. The molecule has 2 N–H and O–H groups in total. The minimum Gasteiger partial charge on any atom is -0.318 e. The van der Waals surface area contributed by atoms with E-state index in [-0.39, 0.29) is 0 Å². The van der Waals surface area contributed by atoms with Gasteiger partial charge in [-0.05, 0) is 18.2 Å². The van der Waals surface area contributed by atoms with Gasteiger partial charge in [-0.1, -0.05) is 24.3 Å². The number of hydrazone groups is 1. The van der Waals surface area contributed by atoms with Crippen molar-refractivity contribution in [1.82, 2.24) is 10.4 Å². The van der Waals surface area contributed by atoms with Crippen LogP contribution in [0.5, 0.6) is 0 Å². The van der Waals surface area contributed by atoms with E-state index in [1.54, 1.807) is 48.8 Å². The Kier molecular flexibility index (Phi) is 4.55. The summed E-state index contributed by atoms with van der Waals surface area (Å²) in [7, 11) is 0. The molecule has 0 saturated heterocycles. The van der Waals surface area contributed by atoms with Crippen LogP contribution in [0.3, 0.4) is 0 Å². The van der Waals surface area contributed by atoms with Gasteiger partial charge in [0.15, 0.2) is 0 Å². The van der Waals surface area contributed by atoms with Crippen LogP contribution in [0.2, 0.25) is 0 Å². The van der Waals surface area contributed by atoms with Crippen molar-refractivity contribution in [3.63, 3.8) is 0 Å². The van der Waals surface area contributed by atoms with Gasteiger partial charge >= 0.3 is 11.8 Å². The van der Waals surface area contributed by atoms with Crippen LogP contribution in [0.15, 0.2) is 60.0 Å². The summed E-state index contributed by atoms with van der Waals surface area (Å²) in [5, 5.41) is 6.13. The van der Waals surface area contributed by atoms with Gasteiger partial charge in [-0.3, -0.25) is 14.6 Å². The zero-order valence-corrected chi connectivity index (χ0v) is 10.5. The second-order valence-electron chi connectivity index (χ2n) is 3.81. The van der Waals surface area contributed by atoms with Crippen LogP contribution >= 0.6 is 0 Å². The van der Waals surface area contributed by atoms with Crippen LogP contribution in [0.1, 0.15) is 5.56 Å². The molecule has 0 aliphatic rings. The molecule has 0 unspecified atom stereocenters. The van der Waals surface area contributed by atoms with E-state index in [4.69, 9.17) is 0 Å². The molecule has 2 rings (SSSR count). The van der Waals surface area contributed by atoms with E-state index < -0.39 is 11.8 Å². The highest BCUT2D eigenvalue weighted by Gasteiger charge is 2.12. The molecule has 100 valence electrons. The minimum atomic E-state index is -0.839. The zero-order valence-electron chi connectivity index (χ0n) is 10.5. The van der Waals surface area contributed by atoms with Gasteiger partial charge in [-0.25, -0.2) is 5.43 Å². The average Bonchev–Trinajstić information content (AvgIpc) is 2.49. The molecule has 1 heterocycles. The Balaban J connectivity index is 1.86. The number of pyridine rings is 1. The molecule has 6 nitrogen and oxygen atoms in total. The van der Waals surface area contributed by atoms with Crippen LogP contribution < -0.4 is 10.7 Å². The third-order valence-electron chi connectivity index (χ3n) is 2.30. The molecule has 0 bridgehead atoms. The van der Waals surface area contributed by atoms with Gasteiger partial charge in [0, 0.05) is 23.6 Å². The number of carbonyl (C=O) groups is 2. The summed E-state index contributed by atoms with van der Waals surface area (Å²) < 4.78 is 0. The van der Waals surface area contributed by atoms with Crippen molar-refractivity contribution in [3.8, 4) is 0 Å². The summed E-state index contributed by atoms with van der Waals surface area (Å²) in [6.45, 7) is 0. The average molecular weight is 268 g/mol. The van der Waals surface area contributed by atoms with Crippen molar-refractivity contribution in [2.24, 2.45) is 5.10 Å². The first kappa shape index (κ1) is 13.4. The van der Waals surface area contributed by atoms with Crippen molar-refractivity contribution in [3.05, 3.63) is 60.4 Å². The maximum Gasteiger partial charge on any atom is 0.329 e. The lowest BCUT2D eigenvalue weighted by atomic mass is 10.3. The number of nitrogens with zero attached hydrogens (tertiary/aromatic N) is 2. The first-order valence-corrected chi connectivity index (χ1v) is 5.85. The molecule has 2 amide bonds. The molecule has 0 aliphatic heterocycles. The lowest BCUT2D eigenvalue weighted by Gasteiger charge is -2.02. The molecular formula is C14H12N4O2. The summed E-state index contributed by atoms with van der Waals surface area (Å²) >= 11 is 0. The van der Waals surface area contributed by atoms with Crippen LogP contribution in [-0.2, 0) is 9.59 Å². The predicted molar refractivity (Wildman–Crippen MR) is 75.0 cm³/mol. The number of amides is 2. The molecule has 0 spiro atoms. The van der Waals surface area contributed by atoms with E-state index in [1.165, 1.54) is 6.21 Å². The van der Waals surface area contributed by atoms with Gasteiger partial charge < -0.3 is 5.32 Å². The predicted octanol–water partition coefficient (Wildman–Crippen LogP) is 1.17. The van der Waals surface area contributed by atoms with Gasteiger partial charge in [-0.15, -0.1) is 0 Å². The van der Waals surface area contributed by atoms with Crippen LogP contribution in [-0.4, -0.2) is 23.0 Å². The van der Waals surface area contributed by atoms with E-state index in [0.717, 1.165) is 5.56 Å². The number of para-hydroxylation sites is 1. The molecule has 0 fully saturated rings. The van der Waals surface area contributed by atoms with Crippen molar-refractivity contribution in [2.45, 2.75) is 0 Å². The van der Waals surface area contributed by atoms with E-state index in [9.17, 15) is 9.59 Å². The molecule has 0 radical (unpaired) electrons. The SMILES string of the molecule is O=C(N/N=C\c1cccnc1)C(=O)Nc1ccccc1. The van der Waals surface area contributed by atoms with E-state index in [1.807, 2.05) is 6.07 Å². The number of anilines is 1. The fourth-order valence-corrected chi connectivity index (χ4v) is 1.38. The third kappa shape index (κ3) is 4.02. The fraction of sp³-hybridized carbons (Fsp3) is 0. The van der Waals surface area contributed by atoms with Crippen LogP contribution in [0.25, 0.3) is 0 Å². The van der Waals surface area contributed by atoms with Gasteiger partial charge in [0.1, 0.15) is 0 Å². The molecule has 1 aromatic heterocycles. The number of hydrogen-bond donors (Lipinski definition) is 2. The Hall–Kier alpha value is -3.02. The lowest BCUT2D eigenvalue weighted by Crippen LogP contribution is -2.32. The van der Waals surface area contributed by atoms with Crippen molar-refractivity contribution in [2.75, 3.05) is 5.32 Å². The fourth-order valence-electron chi connectivity index (χ4n) is 1.38. The number of benzene rings is 1. The number of rotatable bonds is 3. The first-order valence-electron chi connectivity index (χ1n) is 5.85. The second-order valence-corrected chi connectivity index (χ2v) is 3.81. The van der Waals surface area contributed by atoms with E-state index >= 15 is 0 Å². The van der Waals surface area contributed by atoms with Crippen molar-refractivity contribution >= 4 is 23.7 Å². The molecule has 2 aromatic rings. The maximum absolute atomic E-state index is 11.5.